The minimum Gasteiger partial charge on any atom is -0.370 e. The molecule has 2 rings (SSSR count). The molecule has 1 aliphatic rings. The number of hydrogen-bond donors (Lipinski definition) is 1. The van der Waals surface area contributed by atoms with E-state index in [1.807, 2.05) is 0 Å². The molecule has 82 valence electrons. The van der Waals surface area contributed by atoms with Crippen molar-refractivity contribution in [3.63, 3.8) is 0 Å². The molecule has 0 bridgehead atoms. The predicted octanol–water partition coefficient (Wildman–Crippen LogP) is 1.89. The summed E-state index contributed by atoms with van der Waals surface area (Å²) in [5.41, 5.74) is 2.52. The van der Waals surface area contributed by atoms with E-state index in [4.69, 9.17) is 0 Å². The van der Waals surface area contributed by atoms with Crippen molar-refractivity contribution >= 4 is 5.82 Å². The second-order valence-corrected chi connectivity index (χ2v) is 4.17. The lowest BCUT2D eigenvalue weighted by Crippen LogP contribution is -2.19. The Balaban J connectivity index is 2.13. The Hall–Kier alpha value is -1.09. The van der Waals surface area contributed by atoms with Crippen LogP contribution in [-0.2, 0) is 13.0 Å². The summed E-state index contributed by atoms with van der Waals surface area (Å²) in [4.78, 5) is 6.91. The number of nitrogens with zero attached hydrogens (tertiary/aromatic N) is 2. The summed E-state index contributed by atoms with van der Waals surface area (Å²) in [6.45, 7) is 5.22. The third kappa shape index (κ3) is 2.48. The first kappa shape index (κ1) is 10.4. The largest absolute Gasteiger partial charge is 0.370 e. The molecule has 0 aliphatic carbocycles. The van der Waals surface area contributed by atoms with Crippen LogP contribution in [0.1, 0.15) is 24.6 Å². The Kier molecular flexibility index (Phi) is 3.21. The second kappa shape index (κ2) is 4.62. The van der Waals surface area contributed by atoms with Crippen LogP contribution in [-0.4, -0.2) is 30.0 Å². The number of hydrogen-bond acceptors (Lipinski definition) is 3. The van der Waals surface area contributed by atoms with Gasteiger partial charge in [-0.15, -0.1) is 0 Å². The van der Waals surface area contributed by atoms with Crippen LogP contribution in [0.4, 0.5) is 5.82 Å². The summed E-state index contributed by atoms with van der Waals surface area (Å²) in [7, 11) is 2.12. The highest BCUT2D eigenvalue weighted by atomic mass is 15.1. The summed E-state index contributed by atoms with van der Waals surface area (Å²) in [5.74, 6) is 1.10. The van der Waals surface area contributed by atoms with Gasteiger partial charge in [0, 0.05) is 13.1 Å². The average Bonchev–Trinajstić information content (AvgIpc) is 2.29. The summed E-state index contributed by atoms with van der Waals surface area (Å²) in [5, 5.41) is 3.36. The molecule has 0 fully saturated rings. The standard InChI is InChI=1S/C12H19N3/c1-3-15(2)9-11-7-6-10-5-4-8-13-12(10)14-11/h6-7H,3-5,8-9H2,1-2H3,(H,13,14). The molecule has 1 N–H and O–H groups in total. The molecule has 2 heterocycles. The number of nitrogens with one attached hydrogen (secondary N) is 1. The van der Waals surface area contributed by atoms with Gasteiger partial charge in [0.25, 0.3) is 0 Å². The van der Waals surface area contributed by atoms with E-state index in [9.17, 15) is 0 Å². The van der Waals surface area contributed by atoms with Crippen molar-refractivity contribution in [3.05, 3.63) is 23.4 Å². The zero-order valence-corrected chi connectivity index (χ0v) is 9.58. The maximum absolute atomic E-state index is 4.65. The molecule has 0 amide bonds. The fraction of sp³-hybridized carbons (Fsp3) is 0.583. The lowest BCUT2D eigenvalue weighted by Gasteiger charge is -2.19. The SMILES string of the molecule is CCN(C)Cc1ccc2c(n1)NCCC2. The minimum absolute atomic E-state index is 0.936. The van der Waals surface area contributed by atoms with Gasteiger partial charge in [-0.05, 0) is 38.1 Å². The predicted molar refractivity (Wildman–Crippen MR) is 63.1 cm³/mol. The van der Waals surface area contributed by atoms with E-state index in [0.717, 1.165) is 31.1 Å². The quantitative estimate of drug-likeness (QED) is 0.816. The molecule has 0 saturated carbocycles. The summed E-state index contributed by atoms with van der Waals surface area (Å²) in [6.07, 6.45) is 2.39. The van der Waals surface area contributed by atoms with E-state index in [-0.39, 0.29) is 0 Å². The summed E-state index contributed by atoms with van der Waals surface area (Å²) in [6, 6.07) is 4.37. The average molecular weight is 205 g/mol. The molecule has 0 saturated heterocycles. The Morgan fingerprint density at radius 2 is 2.33 bits per heavy atom. The van der Waals surface area contributed by atoms with Crippen LogP contribution in [0.15, 0.2) is 12.1 Å². The van der Waals surface area contributed by atoms with Gasteiger partial charge in [-0.3, -0.25) is 0 Å². The normalized spacial score (nSPS) is 14.9. The summed E-state index contributed by atoms with van der Waals surface area (Å²) >= 11 is 0. The molecule has 0 spiro atoms. The Bertz CT molecular complexity index is 336. The zero-order chi connectivity index (χ0) is 10.7. The highest BCUT2D eigenvalue weighted by Crippen LogP contribution is 2.19. The second-order valence-electron chi connectivity index (χ2n) is 4.17. The highest BCUT2D eigenvalue weighted by molar-refractivity contribution is 5.46. The van der Waals surface area contributed by atoms with Crippen molar-refractivity contribution in [3.8, 4) is 0 Å². The lowest BCUT2D eigenvalue weighted by atomic mass is 10.1. The van der Waals surface area contributed by atoms with Gasteiger partial charge in [0.05, 0.1) is 5.69 Å². The molecule has 15 heavy (non-hydrogen) atoms. The smallest absolute Gasteiger partial charge is 0.129 e. The third-order valence-electron chi connectivity index (χ3n) is 2.92. The number of pyridine rings is 1. The lowest BCUT2D eigenvalue weighted by molar-refractivity contribution is 0.341. The van der Waals surface area contributed by atoms with Crippen LogP contribution in [0.5, 0.6) is 0 Å². The van der Waals surface area contributed by atoms with Gasteiger partial charge in [-0.25, -0.2) is 4.98 Å². The fourth-order valence-corrected chi connectivity index (χ4v) is 1.85. The molecular weight excluding hydrogens is 186 g/mol. The van der Waals surface area contributed by atoms with Crippen LogP contribution in [0.25, 0.3) is 0 Å². The fourth-order valence-electron chi connectivity index (χ4n) is 1.85. The molecule has 0 unspecified atom stereocenters. The maximum atomic E-state index is 4.65. The maximum Gasteiger partial charge on any atom is 0.129 e. The van der Waals surface area contributed by atoms with Crippen LogP contribution >= 0.6 is 0 Å². The van der Waals surface area contributed by atoms with E-state index in [1.54, 1.807) is 0 Å². The molecule has 0 radical (unpaired) electrons. The number of anilines is 1. The van der Waals surface area contributed by atoms with Crippen molar-refractivity contribution in [1.82, 2.24) is 9.88 Å². The molecule has 3 heteroatoms. The van der Waals surface area contributed by atoms with Crippen LogP contribution < -0.4 is 5.32 Å². The van der Waals surface area contributed by atoms with Crippen molar-refractivity contribution in [2.75, 3.05) is 25.5 Å². The third-order valence-corrected chi connectivity index (χ3v) is 2.92. The van der Waals surface area contributed by atoms with E-state index < -0.39 is 0 Å². The molecule has 1 aromatic rings. The van der Waals surface area contributed by atoms with Crippen molar-refractivity contribution in [2.45, 2.75) is 26.3 Å². The van der Waals surface area contributed by atoms with Gasteiger partial charge < -0.3 is 10.2 Å². The van der Waals surface area contributed by atoms with Gasteiger partial charge in [-0.2, -0.15) is 0 Å². The first-order chi connectivity index (χ1) is 7.29. The first-order valence-corrected chi connectivity index (χ1v) is 5.71. The van der Waals surface area contributed by atoms with E-state index in [2.05, 4.69) is 41.3 Å². The molecule has 3 nitrogen and oxygen atoms in total. The molecule has 1 aromatic heterocycles. The zero-order valence-electron chi connectivity index (χ0n) is 9.58. The monoisotopic (exact) mass is 205 g/mol. The van der Waals surface area contributed by atoms with Gasteiger partial charge in [-0.1, -0.05) is 13.0 Å². The molecular formula is C12H19N3. The highest BCUT2D eigenvalue weighted by Gasteiger charge is 2.10. The van der Waals surface area contributed by atoms with Crippen molar-refractivity contribution < 1.29 is 0 Å². The molecule has 1 aliphatic heterocycles. The Labute approximate surface area is 91.5 Å². The number of rotatable bonds is 3. The van der Waals surface area contributed by atoms with Crippen molar-refractivity contribution in [2.24, 2.45) is 0 Å². The summed E-state index contributed by atoms with van der Waals surface area (Å²) < 4.78 is 0. The van der Waals surface area contributed by atoms with Crippen LogP contribution in [0, 0.1) is 0 Å². The van der Waals surface area contributed by atoms with Gasteiger partial charge in [0.15, 0.2) is 0 Å². The van der Waals surface area contributed by atoms with Gasteiger partial charge in [0.1, 0.15) is 5.82 Å². The van der Waals surface area contributed by atoms with E-state index in [0.29, 0.717) is 0 Å². The van der Waals surface area contributed by atoms with Crippen molar-refractivity contribution in [1.29, 1.82) is 0 Å². The van der Waals surface area contributed by atoms with E-state index in [1.165, 1.54) is 18.4 Å². The van der Waals surface area contributed by atoms with E-state index >= 15 is 0 Å². The Morgan fingerprint density at radius 1 is 1.47 bits per heavy atom. The van der Waals surface area contributed by atoms with Crippen LogP contribution in [0.2, 0.25) is 0 Å². The number of fused-ring (bicyclic) bond motifs is 1. The van der Waals surface area contributed by atoms with Gasteiger partial charge >= 0.3 is 0 Å². The number of aryl methyl sites for hydroxylation is 1. The molecule has 0 atom stereocenters. The molecule has 0 aromatic carbocycles. The minimum atomic E-state index is 0.936. The first-order valence-electron chi connectivity index (χ1n) is 5.71. The van der Waals surface area contributed by atoms with Gasteiger partial charge in [0.2, 0.25) is 0 Å². The Morgan fingerprint density at radius 3 is 3.13 bits per heavy atom. The topological polar surface area (TPSA) is 28.2 Å². The number of aromatic nitrogens is 1. The van der Waals surface area contributed by atoms with Crippen LogP contribution in [0.3, 0.4) is 0 Å².